The fourth-order valence-corrected chi connectivity index (χ4v) is 3.45. The number of ether oxygens (including phenoxy) is 2. The fourth-order valence-electron chi connectivity index (χ4n) is 2.39. The highest BCUT2D eigenvalue weighted by Gasteiger charge is 2.31. The van der Waals surface area contributed by atoms with Crippen molar-refractivity contribution in [3.05, 3.63) is 39.7 Å². The summed E-state index contributed by atoms with van der Waals surface area (Å²) in [5.74, 6) is -0.799. The molecule has 2 aromatic rings. The van der Waals surface area contributed by atoms with Crippen molar-refractivity contribution in [2.24, 2.45) is 5.92 Å². The number of thiophene rings is 1. The summed E-state index contributed by atoms with van der Waals surface area (Å²) in [6.07, 6.45) is 1.77. The number of nitrogens with one attached hydrogen (secondary N) is 1. The van der Waals surface area contributed by atoms with Crippen LogP contribution in [0.15, 0.2) is 16.5 Å². The highest BCUT2D eigenvalue weighted by atomic mass is 32.1. The van der Waals surface area contributed by atoms with E-state index in [0.29, 0.717) is 16.3 Å². The summed E-state index contributed by atoms with van der Waals surface area (Å²) in [7, 11) is 1.25. The number of rotatable bonds is 6. The second kappa shape index (κ2) is 7.33. The van der Waals surface area contributed by atoms with Gasteiger partial charge in [0.1, 0.15) is 17.4 Å². The van der Waals surface area contributed by atoms with Gasteiger partial charge < -0.3 is 19.2 Å². The number of hydrogen-bond acceptors (Lipinski definition) is 7. The van der Waals surface area contributed by atoms with Crippen molar-refractivity contribution >= 4 is 34.2 Å². The summed E-state index contributed by atoms with van der Waals surface area (Å²) in [5.41, 5.74) is 1.14. The average molecular weight is 377 g/mol. The predicted octanol–water partition coefficient (Wildman–Crippen LogP) is 3.45. The van der Waals surface area contributed by atoms with Crippen LogP contribution >= 0.6 is 11.3 Å². The van der Waals surface area contributed by atoms with E-state index in [2.05, 4.69) is 10.1 Å². The summed E-state index contributed by atoms with van der Waals surface area (Å²) >= 11 is 1.36. The number of methoxy groups -OCH3 is 1. The van der Waals surface area contributed by atoms with Crippen molar-refractivity contribution < 1.29 is 28.3 Å². The molecule has 1 aliphatic carbocycles. The monoisotopic (exact) mass is 377 g/mol. The average Bonchev–Trinajstić information content (AvgIpc) is 3.30. The summed E-state index contributed by atoms with van der Waals surface area (Å²) in [5, 5.41) is 3.34. The van der Waals surface area contributed by atoms with E-state index >= 15 is 0 Å². The van der Waals surface area contributed by atoms with Crippen molar-refractivity contribution in [2.75, 3.05) is 12.4 Å². The quantitative estimate of drug-likeness (QED) is 0.775. The molecule has 0 aromatic carbocycles. The van der Waals surface area contributed by atoms with Crippen molar-refractivity contribution in [1.29, 1.82) is 0 Å². The number of carbonyl (C=O) groups excluding carboxylic acids is 3. The molecule has 1 fully saturated rings. The Kier molecular flexibility index (Phi) is 5.13. The zero-order valence-electron chi connectivity index (χ0n) is 14.7. The third kappa shape index (κ3) is 3.80. The van der Waals surface area contributed by atoms with Crippen LogP contribution in [0.3, 0.4) is 0 Å². The van der Waals surface area contributed by atoms with Gasteiger partial charge in [0, 0.05) is 10.8 Å². The van der Waals surface area contributed by atoms with Gasteiger partial charge in [-0.25, -0.2) is 9.59 Å². The van der Waals surface area contributed by atoms with Crippen LogP contribution in [-0.4, -0.2) is 25.0 Å². The lowest BCUT2D eigenvalue weighted by atomic mass is 10.1. The molecule has 26 heavy (non-hydrogen) atoms. The third-order valence-corrected chi connectivity index (χ3v) is 5.29. The van der Waals surface area contributed by atoms with Gasteiger partial charge in [-0.05, 0) is 44.4 Å². The van der Waals surface area contributed by atoms with Crippen LogP contribution in [0.4, 0.5) is 5.00 Å². The van der Waals surface area contributed by atoms with E-state index in [1.807, 2.05) is 13.8 Å². The molecule has 0 unspecified atom stereocenters. The molecule has 138 valence electrons. The van der Waals surface area contributed by atoms with Crippen LogP contribution in [0, 0.1) is 19.8 Å². The number of aryl methyl sites for hydroxylation is 1. The van der Waals surface area contributed by atoms with Gasteiger partial charge in [0.15, 0.2) is 0 Å². The molecular formula is C18H19NO6S. The molecule has 0 aliphatic heterocycles. The number of anilines is 1. The Balaban J connectivity index is 1.70. The Morgan fingerprint density at radius 2 is 1.96 bits per heavy atom. The van der Waals surface area contributed by atoms with Gasteiger partial charge in [-0.2, -0.15) is 0 Å². The molecule has 2 aromatic heterocycles. The van der Waals surface area contributed by atoms with Crippen molar-refractivity contribution in [2.45, 2.75) is 33.3 Å². The van der Waals surface area contributed by atoms with Crippen LogP contribution in [0.1, 0.15) is 50.0 Å². The molecule has 0 saturated heterocycles. The summed E-state index contributed by atoms with van der Waals surface area (Å²) in [6, 6.07) is 3.00. The highest BCUT2D eigenvalue weighted by molar-refractivity contribution is 7.16. The van der Waals surface area contributed by atoms with E-state index in [-0.39, 0.29) is 24.2 Å². The standard InChI is InChI=1S/C18H19NO6S/c1-9-10(2)26-16(19-15(20)11-4-5-11)14(9)18(22)24-8-12-6-7-13(25-12)17(21)23-3/h6-7,11H,4-5,8H2,1-3H3,(H,19,20). The van der Waals surface area contributed by atoms with Crippen LogP contribution in [0.2, 0.25) is 0 Å². The molecule has 0 spiro atoms. The first-order valence-corrected chi connectivity index (χ1v) is 8.97. The highest BCUT2D eigenvalue weighted by Crippen LogP contribution is 2.36. The van der Waals surface area contributed by atoms with E-state index in [0.717, 1.165) is 23.3 Å². The summed E-state index contributed by atoms with van der Waals surface area (Å²) < 4.78 is 15.1. The molecule has 8 heteroatoms. The molecule has 0 bridgehead atoms. The number of furan rings is 1. The van der Waals surface area contributed by atoms with E-state index in [1.54, 1.807) is 6.07 Å². The fraction of sp³-hybridized carbons (Fsp3) is 0.389. The zero-order chi connectivity index (χ0) is 18.8. The molecule has 0 atom stereocenters. The molecule has 1 N–H and O–H groups in total. The Labute approximate surface area is 154 Å². The molecule has 7 nitrogen and oxygen atoms in total. The smallest absolute Gasteiger partial charge is 0.373 e. The molecular weight excluding hydrogens is 358 g/mol. The number of carbonyl (C=O) groups is 3. The minimum Gasteiger partial charge on any atom is -0.463 e. The van der Waals surface area contributed by atoms with Gasteiger partial charge in [-0.3, -0.25) is 4.79 Å². The van der Waals surface area contributed by atoms with Gasteiger partial charge >= 0.3 is 11.9 Å². The van der Waals surface area contributed by atoms with E-state index in [9.17, 15) is 14.4 Å². The largest absolute Gasteiger partial charge is 0.463 e. The first-order chi connectivity index (χ1) is 12.4. The molecule has 1 amide bonds. The normalized spacial score (nSPS) is 13.3. The van der Waals surface area contributed by atoms with E-state index in [1.165, 1.54) is 24.5 Å². The first kappa shape index (κ1) is 18.2. The number of amides is 1. The Hall–Kier alpha value is -2.61. The van der Waals surface area contributed by atoms with Crippen LogP contribution in [-0.2, 0) is 20.9 Å². The van der Waals surface area contributed by atoms with Gasteiger partial charge in [0.05, 0.1) is 12.7 Å². The lowest BCUT2D eigenvalue weighted by molar-refractivity contribution is -0.117. The molecule has 1 saturated carbocycles. The van der Waals surface area contributed by atoms with Crippen LogP contribution in [0.25, 0.3) is 0 Å². The summed E-state index contributed by atoms with van der Waals surface area (Å²) in [4.78, 5) is 36.9. The predicted molar refractivity (Wildman–Crippen MR) is 94.3 cm³/mol. The zero-order valence-corrected chi connectivity index (χ0v) is 15.5. The van der Waals surface area contributed by atoms with Crippen molar-refractivity contribution in [3.8, 4) is 0 Å². The molecule has 2 heterocycles. The van der Waals surface area contributed by atoms with Gasteiger partial charge in [0.2, 0.25) is 11.7 Å². The maximum absolute atomic E-state index is 12.5. The van der Waals surface area contributed by atoms with Gasteiger partial charge in [-0.15, -0.1) is 11.3 Å². The van der Waals surface area contributed by atoms with Crippen LogP contribution < -0.4 is 5.32 Å². The molecule has 3 rings (SSSR count). The first-order valence-electron chi connectivity index (χ1n) is 8.15. The number of esters is 2. The second-order valence-corrected chi connectivity index (χ2v) is 7.31. The Morgan fingerprint density at radius 1 is 1.23 bits per heavy atom. The lowest BCUT2D eigenvalue weighted by Crippen LogP contribution is -2.15. The van der Waals surface area contributed by atoms with Crippen LogP contribution in [0.5, 0.6) is 0 Å². The van der Waals surface area contributed by atoms with E-state index in [4.69, 9.17) is 9.15 Å². The van der Waals surface area contributed by atoms with E-state index < -0.39 is 11.9 Å². The molecule has 0 radical (unpaired) electrons. The Morgan fingerprint density at radius 3 is 2.62 bits per heavy atom. The maximum Gasteiger partial charge on any atom is 0.373 e. The number of hydrogen-bond donors (Lipinski definition) is 1. The third-order valence-electron chi connectivity index (χ3n) is 4.17. The SMILES string of the molecule is COC(=O)c1ccc(COC(=O)c2c(NC(=O)C3CC3)sc(C)c2C)o1. The molecule has 1 aliphatic rings. The lowest BCUT2D eigenvalue weighted by Gasteiger charge is -2.07. The minimum atomic E-state index is -0.600. The summed E-state index contributed by atoms with van der Waals surface area (Å²) in [6.45, 7) is 3.58. The maximum atomic E-state index is 12.5. The van der Waals surface area contributed by atoms with Gasteiger partial charge in [-0.1, -0.05) is 0 Å². The van der Waals surface area contributed by atoms with Crippen molar-refractivity contribution in [3.63, 3.8) is 0 Å². The van der Waals surface area contributed by atoms with Crippen molar-refractivity contribution in [1.82, 2.24) is 0 Å². The van der Waals surface area contributed by atoms with Gasteiger partial charge in [0.25, 0.3) is 0 Å². The second-order valence-electron chi connectivity index (χ2n) is 6.08. The minimum absolute atomic E-state index is 0.0403. The Bertz CT molecular complexity index is 861. The topological polar surface area (TPSA) is 94.8 Å².